The minimum absolute atomic E-state index is 0.205. The van der Waals surface area contributed by atoms with E-state index in [9.17, 15) is 0 Å². The van der Waals surface area contributed by atoms with Gasteiger partial charge in [0, 0.05) is 17.2 Å². The molecule has 2 rings (SSSR count). The first kappa shape index (κ1) is 15.4. The SMILES string of the molecule is Cc1ccc(C(CCl)(CCl)Cc2ccccc2C)cc1. The predicted molar refractivity (Wildman–Crippen MR) is 89.2 cm³/mol. The van der Waals surface area contributed by atoms with Gasteiger partial charge < -0.3 is 0 Å². The number of aryl methyl sites for hydroxylation is 2. The molecule has 0 unspecified atom stereocenters. The van der Waals surface area contributed by atoms with E-state index in [0.29, 0.717) is 11.8 Å². The number of hydrogen-bond donors (Lipinski definition) is 0. The molecule has 0 aromatic heterocycles. The molecule has 0 saturated carbocycles. The zero-order valence-corrected chi connectivity index (χ0v) is 13.5. The highest BCUT2D eigenvalue weighted by Crippen LogP contribution is 2.32. The van der Waals surface area contributed by atoms with E-state index in [2.05, 4.69) is 62.4 Å². The van der Waals surface area contributed by atoms with E-state index in [-0.39, 0.29) is 5.41 Å². The second-order valence-electron chi connectivity index (χ2n) is 5.52. The Morgan fingerprint density at radius 3 is 2.00 bits per heavy atom. The molecule has 2 heteroatoms. The summed E-state index contributed by atoms with van der Waals surface area (Å²) in [6.07, 6.45) is 0.871. The smallest absolute Gasteiger partial charge is 0.0335 e. The molecule has 0 aliphatic carbocycles. The molecule has 2 aromatic carbocycles. The van der Waals surface area contributed by atoms with Crippen LogP contribution in [0.2, 0.25) is 0 Å². The van der Waals surface area contributed by atoms with Crippen LogP contribution < -0.4 is 0 Å². The van der Waals surface area contributed by atoms with E-state index < -0.39 is 0 Å². The Kier molecular flexibility index (Phi) is 5.12. The third-order valence-corrected chi connectivity index (χ3v) is 4.99. The highest BCUT2D eigenvalue weighted by molar-refractivity contribution is 6.22. The number of rotatable bonds is 5. The molecule has 106 valence electrons. The van der Waals surface area contributed by atoms with Gasteiger partial charge in [0.25, 0.3) is 0 Å². The largest absolute Gasteiger partial charge is 0.126 e. The lowest BCUT2D eigenvalue weighted by atomic mass is 9.77. The molecule has 0 nitrogen and oxygen atoms in total. The summed E-state index contributed by atoms with van der Waals surface area (Å²) < 4.78 is 0. The summed E-state index contributed by atoms with van der Waals surface area (Å²) in [5.41, 5.74) is 4.87. The molecule has 20 heavy (non-hydrogen) atoms. The van der Waals surface area contributed by atoms with Crippen molar-refractivity contribution in [2.75, 3.05) is 11.8 Å². The Labute approximate surface area is 131 Å². The summed E-state index contributed by atoms with van der Waals surface area (Å²) in [6.45, 7) is 4.23. The quantitative estimate of drug-likeness (QED) is 0.661. The number of alkyl halides is 2. The van der Waals surface area contributed by atoms with E-state index in [1.54, 1.807) is 0 Å². The predicted octanol–water partition coefficient (Wildman–Crippen LogP) is 5.26. The van der Waals surface area contributed by atoms with Crippen molar-refractivity contribution in [3.8, 4) is 0 Å². The summed E-state index contributed by atoms with van der Waals surface area (Å²) in [5, 5.41) is 0. The van der Waals surface area contributed by atoms with E-state index in [4.69, 9.17) is 23.2 Å². The molecule has 0 N–H and O–H groups in total. The standard InChI is InChI=1S/C18H20Cl2/c1-14-7-9-17(10-8-14)18(12-19,13-20)11-16-6-4-3-5-15(16)2/h3-10H,11-13H2,1-2H3. The van der Waals surface area contributed by atoms with Gasteiger partial charge in [-0.05, 0) is 37.0 Å². The van der Waals surface area contributed by atoms with Gasteiger partial charge in [0.05, 0.1) is 0 Å². The first-order valence-corrected chi connectivity index (χ1v) is 7.92. The average Bonchev–Trinajstić information content (AvgIpc) is 2.48. The van der Waals surface area contributed by atoms with E-state index in [1.165, 1.54) is 22.3 Å². The summed E-state index contributed by atoms with van der Waals surface area (Å²) in [4.78, 5) is 0. The fourth-order valence-corrected chi connectivity index (χ4v) is 3.25. The lowest BCUT2D eigenvalue weighted by Gasteiger charge is -2.31. The Balaban J connectivity index is 2.39. The normalized spacial score (nSPS) is 11.6. The maximum absolute atomic E-state index is 6.32. The molecule has 0 atom stereocenters. The van der Waals surface area contributed by atoms with Crippen LogP contribution in [0, 0.1) is 13.8 Å². The Hall–Kier alpha value is -0.980. The van der Waals surface area contributed by atoms with E-state index >= 15 is 0 Å². The highest BCUT2D eigenvalue weighted by atomic mass is 35.5. The molecule has 0 aliphatic heterocycles. The zero-order valence-electron chi connectivity index (χ0n) is 12.0. The fourth-order valence-electron chi connectivity index (χ4n) is 2.47. The van der Waals surface area contributed by atoms with Crippen molar-refractivity contribution < 1.29 is 0 Å². The van der Waals surface area contributed by atoms with Crippen LogP contribution in [-0.2, 0) is 11.8 Å². The average molecular weight is 307 g/mol. The molecule has 0 heterocycles. The summed E-state index contributed by atoms with van der Waals surface area (Å²) in [6, 6.07) is 17.0. The van der Waals surface area contributed by atoms with Gasteiger partial charge >= 0.3 is 0 Å². The number of halogens is 2. The second kappa shape index (κ2) is 6.65. The van der Waals surface area contributed by atoms with Crippen molar-refractivity contribution in [2.45, 2.75) is 25.7 Å². The fraction of sp³-hybridized carbons (Fsp3) is 0.333. The summed E-state index contributed by atoms with van der Waals surface area (Å²) in [5.74, 6) is 1.04. The Bertz CT molecular complexity index is 554. The molecule has 0 amide bonds. The first-order chi connectivity index (χ1) is 9.61. The number of hydrogen-bond acceptors (Lipinski definition) is 0. The van der Waals surface area contributed by atoms with Crippen molar-refractivity contribution in [1.82, 2.24) is 0 Å². The molecular formula is C18H20Cl2. The molecule has 0 spiro atoms. The summed E-state index contributed by atoms with van der Waals surface area (Å²) >= 11 is 12.6. The van der Waals surface area contributed by atoms with Crippen LogP contribution in [0.4, 0.5) is 0 Å². The van der Waals surface area contributed by atoms with Gasteiger partial charge in [0.2, 0.25) is 0 Å². The van der Waals surface area contributed by atoms with Crippen molar-refractivity contribution in [2.24, 2.45) is 0 Å². The van der Waals surface area contributed by atoms with Crippen LogP contribution in [0.1, 0.15) is 22.3 Å². The van der Waals surface area contributed by atoms with Crippen molar-refractivity contribution in [3.63, 3.8) is 0 Å². The van der Waals surface area contributed by atoms with Crippen molar-refractivity contribution in [3.05, 3.63) is 70.8 Å². The number of benzene rings is 2. The van der Waals surface area contributed by atoms with Gasteiger partial charge in [-0.1, -0.05) is 54.1 Å². The molecule has 0 bridgehead atoms. The third kappa shape index (κ3) is 3.19. The highest BCUT2D eigenvalue weighted by Gasteiger charge is 2.31. The van der Waals surface area contributed by atoms with Crippen molar-refractivity contribution in [1.29, 1.82) is 0 Å². The van der Waals surface area contributed by atoms with Gasteiger partial charge in [0.1, 0.15) is 0 Å². The van der Waals surface area contributed by atoms with Crippen LogP contribution in [0.5, 0.6) is 0 Å². The molecule has 0 radical (unpaired) electrons. The Morgan fingerprint density at radius 1 is 0.850 bits per heavy atom. The molecular weight excluding hydrogens is 287 g/mol. The molecule has 0 aliphatic rings. The van der Waals surface area contributed by atoms with Gasteiger partial charge in [-0.2, -0.15) is 0 Å². The van der Waals surface area contributed by atoms with Crippen LogP contribution in [-0.4, -0.2) is 11.8 Å². The second-order valence-corrected chi connectivity index (χ2v) is 6.05. The van der Waals surface area contributed by atoms with Gasteiger partial charge in [-0.15, -0.1) is 23.2 Å². The zero-order chi connectivity index (χ0) is 14.6. The third-order valence-electron chi connectivity index (χ3n) is 3.97. The molecule has 2 aromatic rings. The van der Waals surface area contributed by atoms with Gasteiger partial charge in [0.15, 0.2) is 0 Å². The molecule has 0 saturated heterocycles. The minimum atomic E-state index is -0.205. The maximum Gasteiger partial charge on any atom is 0.0335 e. The Morgan fingerprint density at radius 2 is 1.45 bits per heavy atom. The monoisotopic (exact) mass is 306 g/mol. The van der Waals surface area contributed by atoms with Crippen LogP contribution >= 0.6 is 23.2 Å². The topological polar surface area (TPSA) is 0 Å². The first-order valence-electron chi connectivity index (χ1n) is 6.85. The summed E-state index contributed by atoms with van der Waals surface area (Å²) in [7, 11) is 0. The van der Waals surface area contributed by atoms with Crippen LogP contribution in [0.25, 0.3) is 0 Å². The van der Waals surface area contributed by atoms with Crippen LogP contribution in [0.15, 0.2) is 48.5 Å². The van der Waals surface area contributed by atoms with Crippen LogP contribution in [0.3, 0.4) is 0 Å². The van der Waals surface area contributed by atoms with Crippen molar-refractivity contribution >= 4 is 23.2 Å². The van der Waals surface area contributed by atoms with E-state index in [0.717, 1.165) is 6.42 Å². The molecule has 0 fully saturated rings. The minimum Gasteiger partial charge on any atom is -0.126 e. The van der Waals surface area contributed by atoms with E-state index in [1.807, 2.05) is 0 Å². The lowest BCUT2D eigenvalue weighted by molar-refractivity contribution is 0.535. The van der Waals surface area contributed by atoms with Gasteiger partial charge in [-0.3, -0.25) is 0 Å². The lowest BCUT2D eigenvalue weighted by Crippen LogP contribution is -2.33. The maximum atomic E-state index is 6.32. The van der Waals surface area contributed by atoms with Gasteiger partial charge in [-0.25, -0.2) is 0 Å².